The molecule has 1 spiro atoms. The molecule has 0 saturated carbocycles. The average Bonchev–Trinajstić information content (AvgIpc) is 3.36. The lowest BCUT2D eigenvalue weighted by Crippen LogP contribution is -2.51. The molecule has 35 heavy (non-hydrogen) atoms. The van der Waals surface area contributed by atoms with E-state index in [1.165, 1.54) is 29.0 Å². The largest absolute Gasteiger partial charge is 0.330 e. The number of hydrogen-bond acceptors (Lipinski definition) is 3. The molecule has 2 heterocycles. The molecule has 3 atom stereocenters. The molecule has 0 bridgehead atoms. The van der Waals surface area contributed by atoms with Crippen molar-refractivity contribution in [1.82, 2.24) is 9.80 Å². The Morgan fingerprint density at radius 2 is 2.00 bits per heavy atom. The van der Waals surface area contributed by atoms with E-state index >= 15 is 0 Å². The normalized spacial score (nSPS) is 21.6. The summed E-state index contributed by atoms with van der Waals surface area (Å²) in [6, 6.07) is 10.3. The minimum absolute atomic E-state index is 0.0407. The van der Waals surface area contributed by atoms with Crippen molar-refractivity contribution in [3.8, 4) is 0 Å². The van der Waals surface area contributed by atoms with Crippen molar-refractivity contribution in [2.45, 2.75) is 44.3 Å². The molecular weight excluding hydrogens is 471 g/mol. The summed E-state index contributed by atoms with van der Waals surface area (Å²) < 4.78 is 14.0. The molecule has 2 aliphatic heterocycles. The Morgan fingerprint density at radius 3 is 2.69 bits per heavy atom. The Kier molecular flexibility index (Phi) is 6.56. The van der Waals surface area contributed by atoms with Crippen LogP contribution in [-0.4, -0.2) is 53.3 Å². The number of carbonyl (C=O) groups is 3. The van der Waals surface area contributed by atoms with Crippen LogP contribution in [-0.2, 0) is 15.0 Å². The summed E-state index contributed by atoms with van der Waals surface area (Å²) in [6.07, 6.45) is -0.354. The maximum Gasteiger partial charge on any atom is 0.302 e. The Morgan fingerprint density at radius 1 is 1.29 bits per heavy atom. The lowest BCUT2D eigenvalue weighted by atomic mass is 9.80. The summed E-state index contributed by atoms with van der Waals surface area (Å²) in [4.78, 5) is 46.6. The molecule has 1 N–H and O–H groups in total. The van der Waals surface area contributed by atoms with Crippen molar-refractivity contribution in [3.63, 3.8) is 0 Å². The first-order valence-electron chi connectivity index (χ1n) is 11.4. The monoisotopic (exact) mass is 496 g/mol. The summed E-state index contributed by atoms with van der Waals surface area (Å²) in [5, 5.41) is 2.57. The molecule has 7 nitrogen and oxygen atoms in total. The first-order chi connectivity index (χ1) is 16.6. The van der Waals surface area contributed by atoms with Crippen LogP contribution in [0.3, 0.4) is 0 Å². The third-order valence-corrected chi connectivity index (χ3v) is 7.22. The first-order valence-corrected chi connectivity index (χ1v) is 11.8. The summed E-state index contributed by atoms with van der Waals surface area (Å²) in [6.45, 7) is 11.6. The zero-order valence-corrected chi connectivity index (χ0v) is 20.5. The topological polar surface area (TPSA) is 74.1 Å². The standard InChI is InChI=1S/C26H26ClFN4O3/c1-15(2)12-20(31(4)23(33)16-8-7-10-18(28)22(16)27)24(34)32-14-26(13-21(32)29-3)17-9-5-6-11-19(17)30-25(26)35/h5-11,15,20-21H,12-14H2,1-2,4H3,(H,30,35)/t20-,21-,26-/m0/s1. The summed E-state index contributed by atoms with van der Waals surface area (Å²) in [5.41, 5.74) is 0.394. The second-order valence-electron chi connectivity index (χ2n) is 9.52. The van der Waals surface area contributed by atoms with E-state index in [1.807, 2.05) is 32.0 Å². The van der Waals surface area contributed by atoms with Crippen LogP contribution in [0.4, 0.5) is 10.1 Å². The third-order valence-electron chi connectivity index (χ3n) is 6.84. The molecule has 0 radical (unpaired) electrons. The quantitative estimate of drug-likeness (QED) is 0.626. The zero-order chi connectivity index (χ0) is 25.5. The van der Waals surface area contributed by atoms with Gasteiger partial charge in [-0.3, -0.25) is 24.1 Å². The van der Waals surface area contributed by atoms with Crippen LogP contribution in [0.25, 0.3) is 4.85 Å². The Hall–Kier alpha value is -3.44. The molecule has 0 aliphatic carbocycles. The van der Waals surface area contributed by atoms with Gasteiger partial charge in [0.15, 0.2) is 0 Å². The van der Waals surface area contributed by atoms with Crippen molar-refractivity contribution in [2.24, 2.45) is 5.92 Å². The highest BCUT2D eigenvalue weighted by Crippen LogP contribution is 2.47. The zero-order valence-electron chi connectivity index (χ0n) is 19.7. The molecule has 2 aromatic rings. The highest BCUT2D eigenvalue weighted by atomic mass is 35.5. The van der Waals surface area contributed by atoms with Gasteiger partial charge in [0.25, 0.3) is 11.8 Å². The summed E-state index contributed by atoms with van der Waals surface area (Å²) in [7, 11) is 1.48. The highest BCUT2D eigenvalue weighted by molar-refractivity contribution is 6.34. The smallest absolute Gasteiger partial charge is 0.302 e. The number of nitrogens with one attached hydrogen (secondary N) is 1. The predicted octanol–water partition coefficient (Wildman–Crippen LogP) is 4.33. The van der Waals surface area contributed by atoms with E-state index in [2.05, 4.69) is 10.2 Å². The number of likely N-dealkylation sites (tertiary alicyclic amines) is 1. The van der Waals surface area contributed by atoms with E-state index in [1.54, 1.807) is 6.07 Å². The molecule has 3 amide bonds. The molecule has 9 heteroatoms. The molecular formula is C26H26ClFN4O3. The van der Waals surface area contributed by atoms with Gasteiger partial charge in [-0.25, -0.2) is 11.0 Å². The average molecular weight is 497 g/mol. The van der Waals surface area contributed by atoms with Crippen LogP contribution in [0.5, 0.6) is 0 Å². The van der Waals surface area contributed by atoms with E-state index in [4.69, 9.17) is 18.2 Å². The van der Waals surface area contributed by atoms with Gasteiger partial charge in [-0.1, -0.05) is 49.7 Å². The minimum atomic E-state index is -1.02. The molecule has 2 aliphatic rings. The fourth-order valence-electron chi connectivity index (χ4n) is 5.02. The first kappa shape index (κ1) is 24.7. The van der Waals surface area contributed by atoms with E-state index < -0.39 is 35.3 Å². The second-order valence-corrected chi connectivity index (χ2v) is 9.90. The summed E-state index contributed by atoms with van der Waals surface area (Å²) >= 11 is 6.04. The Labute approximate surface area is 208 Å². The maximum atomic E-state index is 14.0. The van der Waals surface area contributed by atoms with Crippen molar-refractivity contribution in [3.05, 3.63) is 75.8 Å². The molecule has 0 aromatic heterocycles. The van der Waals surface area contributed by atoms with Crippen molar-refractivity contribution in [1.29, 1.82) is 0 Å². The van der Waals surface area contributed by atoms with E-state index in [0.29, 0.717) is 12.1 Å². The van der Waals surface area contributed by atoms with Gasteiger partial charge in [0.2, 0.25) is 5.91 Å². The molecule has 4 rings (SSSR count). The number of likely N-dealkylation sites (N-methyl/N-ethyl adjacent to an activating group) is 1. The van der Waals surface area contributed by atoms with Gasteiger partial charge in [-0.2, -0.15) is 0 Å². The fourth-order valence-corrected chi connectivity index (χ4v) is 5.23. The number of hydrogen-bond donors (Lipinski definition) is 1. The van der Waals surface area contributed by atoms with Crippen LogP contribution in [0, 0.1) is 18.3 Å². The lowest BCUT2D eigenvalue weighted by molar-refractivity contribution is -0.136. The van der Waals surface area contributed by atoms with Crippen LogP contribution < -0.4 is 5.32 Å². The van der Waals surface area contributed by atoms with E-state index in [0.717, 1.165) is 11.6 Å². The van der Waals surface area contributed by atoms with Gasteiger partial charge >= 0.3 is 6.17 Å². The van der Waals surface area contributed by atoms with Gasteiger partial charge in [0, 0.05) is 19.3 Å². The number of benzene rings is 2. The van der Waals surface area contributed by atoms with E-state index in [-0.39, 0.29) is 35.4 Å². The number of halogens is 2. The van der Waals surface area contributed by atoms with Gasteiger partial charge in [-0.05, 0) is 36.1 Å². The fraction of sp³-hybridized carbons (Fsp3) is 0.385. The molecule has 1 saturated heterocycles. The van der Waals surface area contributed by atoms with Crippen molar-refractivity contribution >= 4 is 35.0 Å². The molecule has 0 unspecified atom stereocenters. The number of anilines is 1. The second kappa shape index (κ2) is 9.31. The lowest BCUT2D eigenvalue weighted by Gasteiger charge is -2.32. The molecule has 1 fully saturated rings. The Bertz CT molecular complexity index is 1240. The van der Waals surface area contributed by atoms with Crippen LogP contribution in [0.15, 0.2) is 42.5 Å². The predicted molar refractivity (Wildman–Crippen MR) is 130 cm³/mol. The van der Waals surface area contributed by atoms with Gasteiger partial charge in [0.1, 0.15) is 17.3 Å². The number of para-hydroxylation sites is 1. The van der Waals surface area contributed by atoms with Crippen molar-refractivity contribution in [2.75, 3.05) is 18.9 Å². The van der Waals surface area contributed by atoms with Crippen LogP contribution in [0.1, 0.15) is 42.6 Å². The minimum Gasteiger partial charge on any atom is -0.330 e. The summed E-state index contributed by atoms with van der Waals surface area (Å²) in [5.74, 6) is -1.93. The number of carbonyl (C=O) groups excluding carboxylic acids is 3. The highest BCUT2D eigenvalue weighted by Gasteiger charge is 2.59. The van der Waals surface area contributed by atoms with Crippen LogP contribution >= 0.6 is 11.6 Å². The van der Waals surface area contributed by atoms with Gasteiger partial charge in [-0.15, -0.1) is 0 Å². The van der Waals surface area contributed by atoms with E-state index in [9.17, 15) is 18.8 Å². The molecule has 2 aromatic carbocycles. The van der Waals surface area contributed by atoms with Gasteiger partial charge in [0.05, 0.1) is 17.0 Å². The van der Waals surface area contributed by atoms with Crippen molar-refractivity contribution < 1.29 is 18.8 Å². The molecule has 182 valence electrons. The number of fused-ring (bicyclic) bond motifs is 2. The number of nitrogens with zero attached hydrogens (tertiary/aromatic N) is 3. The van der Waals surface area contributed by atoms with Crippen LogP contribution in [0.2, 0.25) is 5.02 Å². The maximum absolute atomic E-state index is 14.0. The Balaban J connectivity index is 1.67. The number of amides is 3. The van der Waals surface area contributed by atoms with Gasteiger partial charge < -0.3 is 10.2 Å². The number of rotatable bonds is 5. The SMILES string of the molecule is [C-]#[N+][C@@H]1C[C@@]2(CN1C(=O)[C@H](CC(C)C)N(C)C(=O)c1cccc(F)c1Cl)C(=O)Nc1ccccc12. The third kappa shape index (κ3) is 4.14.